The average molecular weight is 372 g/mol. The molecule has 1 atom stereocenters. The number of piperidine rings is 1. The van der Waals surface area contributed by atoms with Crippen LogP contribution in [0.4, 0.5) is 10.2 Å². The Morgan fingerprint density at radius 3 is 2.77 bits per heavy atom. The maximum absolute atomic E-state index is 14.1. The second-order valence-electron chi connectivity index (χ2n) is 6.87. The molecule has 0 radical (unpaired) electrons. The zero-order valence-electron chi connectivity index (χ0n) is 13.6. The summed E-state index contributed by atoms with van der Waals surface area (Å²) in [5.41, 5.74) is -0.405. The van der Waals surface area contributed by atoms with Crippen molar-refractivity contribution in [1.29, 1.82) is 0 Å². The van der Waals surface area contributed by atoms with Gasteiger partial charge in [0.2, 0.25) is 5.91 Å². The van der Waals surface area contributed by atoms with Gasteiger partial charge in [0.25, 0.3) is 0 Å². The van der Waals surface area contributed by atoms with Gasteiger partial charge in [-0.15, -0.1) is 0 Å². The number of pyridine rings is 1. The Hall–Kier alpha value is -1.17. The molecule has 0 N–H and O–H groups in total. The molecule has 0 aromatic carbocycles. The summed E-state index contributed by atoms with van der Waals surface area (Å²) < 4.78 is 14.7. The summed E-state index contributed by atoms with van der Waals surface area (Å²) in [6.45, 7) is 7.14. The second-order valence-corrected chi connectivity index (χ2v) is 7.78. The van der Waals surface area contributed by atoms with Crippen LogP contribution in [-0.2, 0) is 4.79 Å². The third kappa shape index (κ3) is 3.77. The highest BCUT2D eigenvalue weighted by Crippen LogP contribution is 2.26. The van der Waals surface area contributed by atoms with Gasteiger partial charge < -0.3 is 9.80 Å². The Balaban J connectivity index is 2.13. The number of amides is 1. The van der Waals surface area contributed by atoms with Gasteiger partial charge in [0.1, 0.15) is 0 Å². The van der Waals surface area contributed by atoms with Gasteiger partial charge in [-0.05, 0) is 34.8 Å². The van der Waals surface area contributed by atoms with E-state index in [2.05, 4.69) is 20.9 Å². The molecular formula is C16H23BrFN3O. The first-order chi connectivity index (χ1) is 10.2. The van der Waals surface area contributed by atoms with Crippen LogP contribution in [0.2, 0.25) is 0 Å². The van der Waals surface area contributed by atoms with E-state index in [-0.39, 0.29) is 17.8 Å². The van der Waals surface area contributed by atoms with E-state index in [9.17, 15) is 9.18 Å². The average Bonchev–Trinajstić information content (AvgIpc) is 2.45. The lowest BCUT2D eigenvalue weighted by molar-refractivity contribution is -0.140. The molecule has 0 aliphatic carbocycles. The topological polar surface area (TPSA) is 36.4 Å². The van der Waals surface area contributed by atoms with Gasteiger partial charge >= 0.3 is 0 Å². The summed E-state index contributed by atoms with van der Waals surface area (Å²) in [7, 11) is 1.84. The Labute approximate surface area is 139 Å². The van der Waals surface area contributed by atoms with E-state index >= 15 is 0 Å². The molecule has 1 unspecified atom stereocenters. The van der Waals surface area contributed by atoms with E-state index < -0.39 is 5.41 Å². The summed E-state index contributed by atoms with van der Waals surface area (Å²) in [5, 5.41) is 0. The molecule has 1 amide bonds. The largest absolute Gasteiger partial charge is 0.352 e. The number of rotatable bonds is 2. The van der Waals surface area contributed by atoms with E-state index in [0.29, 0.717) is 16.8 Å². The number of nitrogens with zero attached hydrogens (tertiary/aromatic N) is 3. The molecule has 1 aromatic heterocycles. The van der Waals surface area contributed by atoms with Crippen molar-refractivity contribution in [2.45, 2.75) is 39.7 Å². The van der Waals surface area contributed by atoms with Crippen molar-refractivity contribution in [2.75, 3.05) is 25.0 Å². The van der Waals surface area contributed by atoms with Crippen LogP contribution in [0.5, 0.6) is 0 Å². The molecular weight excluding hydrogens is 349 g/mol. The second kappa shape index (κ2) is 6.52. The normalized spacial score (nSPS) is 19.2. The van der Waals surface area contributed by atoms with Gasteiger partial charge in [-0.3, -0.25) is 4.79 Å². The number of hydrogen-bond acceptors (Lipinski definition) is 3. The summed E-state index contributed by atoms with van der Waals surface area (Å²) in [5.74, 6) is 0.146. The van der Waals surface area contributed by atoms with Crippen molar-refractivity contribution in [3.8, 4) is 0 Å². The SMILES string of the molecule is CN(C(=O)C(C)(C)C)C1CCCN(c2ncc(Br)cc2F)C1. The first-order valence-corrected chi connectivity index (χ1v) is 8.32. The van der Waals surface area contributed by atoms with Crippen LogP contribution in [0, 0.1) is 11.2 Å². The fourth-order valence-corrected chi connectivity index (χ4v) is 3.10. The lowest BCUT2D eigenvalue weighted by Crippen LogP contribution is -2.51. The Morgan fingerprint density at radius 2 is 2.18 bits per heavy atom. The van der Waals surface area contributed by atoms with Crippen molar-refractivity contribution in [3.05, 3.63) is 22.6 Å². The molecule has 1 saturated heterocycles. The smallest absolute Gasteiger partial charge is 0.227 e. The number of anilines is 1. The minimum atomic E-state index is -0.405. The monoisotopic (exact) mass is 371 g/mol. The van der Waals surface area contributed by atoms with E-state index in [1.165, 1.54) is 6.07 Å². The van der Waals surface area contributed by atoms with Gasteiger partial charge in [-0.1, -0.05) is 20.8 Å². The fourth-order valence-electron chi connectivity index (χ4n) is 2.80. The van der Waals surface area contributed by atoms with Crippen LogP contribution in [0.25, 0.3) is 0 Å². The van der Waals surface area contributed by atoms with E-state index in [1.54, 1.807) is 6.20 Å². The van der Waals surface area contributed by atoms with Crippen LogP contribution in [0.1, 0.15) is 33.6 Å². The number of aromatic nitrogens is 1. The zero-order valence-corrected chi connectivity index (χ0v) is 15.2. The van der Waals surface area contributed by atoms with Crippen LogP contribution < -0.4 is 4.90 Å². The van der Waals surface area contributed by atoms with Gasteiger partial charge in [-0.25, -0.2) is 9.37 Å². The molecule has 0 saturated carbocycles. The Morgan fingerprint density at radius 1 is 1.50 bits per heavy atom. The van der Waals surface area contributed by atoms with E-state index in [4.69, 9.17) is 0 Å². The third-order valence-electron chi connectivity index (χ3n) is 3.99. The highest BCUT2D eigenvalue weighted by atomic mass is 79.9. The van der Waals surface area contributed by atoms with Gasteiger partial charge in [0, 0.05) is 42.3 Å². The van der Waals surface area contributed by atoms with Crippen LogP contribution in [-0.4, -0.2) is 42.0 Å². The summed E-state index contributed by atoms with van der Waals surface area (Å²) in [6, 6.07) is 1.51. The lowest BCUT2D eigenvalue weighted by Gasteiger charge is -2.40. The lowest BCUT2D eigenvalue weighted by atomic mass is 9.93. The molecule has 0 spiro atoms. The molecule has 6 heteroatoms. The van der Waals surface area contributed by atoms with Crippen LogP contribution in [0.3, 0.4) is 0 Å². The number of hydrogen-bond donors (Lipinski definition) is 0. The highest BCUT2D eigenvalue weighted by Gasteiger charge is 2.32. The van der Waals surface area contributed by atoms with Gasteiger partial charge in [-0.2, -0.15) is 0 Å². The van der Waals surface area contributed by atoms with Crippen molar-refractivity contribution in [2.24, 2.45) is 5.41 Å². The molecule has 0 bridgehead atoms. The molecule has 2 rings (SSSR count). The van der Waals surface area contributed by atoms with Crippen LogP contribution >= 0.6 is 15.9 Å². The minimum Gasteiger partial charge on any atom is -0.352 e. The maximum atomic E-state index is 14.1. The molecule has 1 aliphatic rings. The third-order valence-corrected chi connectivity index (χ3v) is 4.43. The Kier molecular flexibility index (Phi) is 5.10. The van der Waals surface area contributed by atoms with Crippen molar-refractivity contribution >= 4 is 27.7 Å². The number of likely N-dealkylation sites (N-methyl/N-ethyl adjacent to an activating group) is 1. The van der Waals surface area contributed by atoms with Crippen molar-refractivity contribution in [3.63, 3.8) is 0 Å². The van der Waals surface area contributed by atoms with Crippen molar-refractivity contribution < 1.29 is 9.18 Å². The van der Waals surface area contributed by atoms with Crippen LogP contribution in [0.15, 0.2) is 16.7 Å². The standard InChI is InChI=1S/C16H23BrFN3O/c1-16(2,3)15(22)20(4)12-6-5-7-21(10-12)14-13(18)8-11(17)9-19-14/h8-9,12H,5-7,10H2,1-4H3. The Bertz CT molecular complexity index is 559. The molecule has 4 nitrogen and oxygen atoms in total. The predicted molar refractivity (Wildman–Crippen MR) is 89.4 cm³/mol. The van der Waals surface area contributed by atoms with E-state index in [0.717, 1.165) is 19.4 Å². The first-order valence-electron chi connectivity index (χ1n) is 7.53. The quantitative estimate of drug-likeness (QED) is 0.798. The molecule has 1 fully saturated rings. The predicted octanol–water partition coefficient (Wildman–Crippen LogP) is 3.46. The maximum Gasteiger partial charge on any atom is 0.227 e. The molecule has 2 heterocycles. The van der Waals surface area contributed by atoms with Gasteiger partial charge in [0.15, 0.2) is 11.6 Å². The molecule has 22 heavy (non-hydrogen) atoms. The van der Waals surface area contributed by atoms with Gasteiger partial charge in [0.05, 0.1) is 0 Å². The fraction of sp³-hybridized carbons (Fsp3) is 0.625. The first kappa shape index (κ1) is 17.2. The number of halogens is 2. The van der Waals surface area contributed by atoms with Crippen molar-refractivity contribution in [1.82, 2.24) is 9.88 Å². The minimum absolute atomic E-state index is 0.0883. The molecule has 1 aliphatic heterocycles. The summed E-state index contributed by atoms with van der Waals surface area (Å²) >= 11 is 3.22. The summed E-state index contributed by atoms with van der Waals surface area (Å²) in [4.78, 5) is 20.4. The highest BCUT2D eigenvalue weighted by molar-refractivity contribution is 9.10. The zero-order chi connectivity index (χ0) is 16.5. The molecule has 1 aromatic rings. The number of carbonyl (C=O) groups excluding carboxylic acids is 1. The molecule has 122 valence electrons. The number of carbonyl (C=O) groups is 1. The van der Waals surface area contributed by atoms with E-state index in [1.807, 2.05) is 37.6 Å². The summed E-state index contributed by atoms with van der Waals surface area (Å²) in [6.07, 6.45) is 3.46.